The molecule has 24 nitrogen and oxygen atoms in total. The number of nitrogens with one attached hydrogen (secondary N) is 2. The lowest BCUT2D eigenvalue weighted by Gasteiger charge is -2.50. The summed E-state index contributed by atoms with van der Waals surface area (Å²) < 4.78 is 62.9. The van der Waals surface area contributed by atoms with Crippen molar-refractivity contribution in [1.82, 2.24) is 10.6 Å². The van der Waals surface area contributed by atoms with Crippen LogP contribution < -0.4 is 10.6 Å². The van der Waals surface area contributed by atoms with E-state index in [1.807, 2.05) is 0 Å². The first-order valence-corrected chi connectivity index (χ1v) is 16.2. The highest BCUT2D eigenvalue weighted by molar-refractivity contribution is 7.80. The van der Waals surface area contributed by atoms with Gasteiger partial charge in [0.2, 0.25) is 11.8 Å². The monoisotopic (exact) mass is 754 g/mol. The van der Waals surface area contributed by atoms with E-state index in [-0.39, 0.29) is 0 Å². The predicted molar refractivity (Wildman–Crippen MR) is 152 cm³/mol. The molecule has 290 valence electrons. The van der Waals surface area contributed by atoms with Crippen LogP contribution in [-0.2, 0) is 52.7 Å². The molecule has 25 heteroatoms. The van der Waals surface area contributed by atoms with E-state index in [9.17, 15) is 73.9 Å². The Kier molecular flexibility index (Phi) is 14.4. The Balaban J connectivity index is 1.91. The topological polar surface area (TPSA) is 387 Å². The fraction of sp³-hybridized carbons (Fsp3) is 0.880. The highest BCUT2D eigenvalue weighted by Gasteiger charge is 2.60. The third-order valence-electron chi connectivity index (χ3n) is 8.07. The van der Waals surface area contributed by atoms with Crippen molar-refractivity contribution < 1.29 is 106 Å². The maximum Gasteiger partial charge on any atom is 0.397 e. The zero-order valence-corrected chi connectivity index (χ0v) is 27.1. The number of carboxylic acid groups (broad SMARTS) is 1. The Morgan fingerprint density at radius 1 is 0.900 bits per heavy atom. The molecule has 1 unspecified atom stereocenters. The van der Waals surface area contributed by atoms with E-state index in [2.05, 4.69) is 14.8 Å². The van der Waals surface area contributed by atoms with Crippen molar-refractivity contribution in [3.63, 3.8) is 0 Å². The molecule has 0 aromatic rings. The van der Waals surface area contributed by atoms with Crippen LogP contribution in [0, 0.1) is 0 Å². The van der Waals surface area contributed by atoms with Gasteiger partial charge in [-0.2, -0.15) is 8.42 Å². The number of aliphatic carboxylic acids is 1. The predicted octanol–water partition coefficient (Wildman–Crippen LogP) is -8.25. The van der Waals surface area contributed by atoms with Crippen molar-refractivity contribution in [1.29, 1.82) is 0 Å². The molecule has 3 aliphatic rings. The fourth-order valence-corrected chi connectivity index (χ4v) is 6.02. The number of carbonyl (C=O) groups is 3. The Morgan fingerprint density at radius 3 is 2.02 bits per heavy atom. The average Bonchev–Trinajstić information content (AvgIpc) is 3.02. The smallest absolute Gasteiger partial charge is 0.397 e. The van der Waals surface area contributed by atoms with Gasteiger partial charge in [0.05, 0.1) is 32.0 Å². The molecule has 3 fully saturated rings. The van der Waals surface area contributed by atoms with E-state index in [1.165, 1.54) is 0 Å². The molecule has 3 aliphatic heterocycles. The van der Waals surface area contributed by atoms with Crippen LogP contribution in [0.25, 0.3) is 0 Å². The molecule has 3 saturated heterocycles. The highest BCUT2D eigenvalue weighted by Crippen LogP contribution is 2.38. The first kappa shape index (κ1) is 42.1. The second kappa shape index (κ2) is 17.0. The lowest BCUT2D eigenvalue weighted by atomic mass is 9.88. The molecule has 0 radical (unpaired) electrons. The van der Waals surface area contributed by atoms with Gasteiger partial charge in [-0.25, -0.2) is 8.98 Å². The van der Waals surface area contributed by atoms with E-state index < -0.39 is 152 Å². The minimum absolute atomic E-state index is 0.777. The van der Waals surface area contributed by atoms with Gasteiger partial charge >= 0.3 is 16.4 Å². The van der Waals surface area contributed by atoms with E-state index in [0.717, 1.165) is 13.8 Å². The number of rotatable bonds is 14. The first-order chi connectivity index (χ1) is 23.2. The van der Waals surface area contributed by atoms with E-state index in [0.29, 0.717) is 0 Å². The summed E-state index contributed by atoms with van der Waals surface area (Å²) in [4.78, 5) is 36.0. The molecular formula is C25H42N2O22S. The van der Waals surface area contributed by atoms with Gasteiger partial charge in [0.25, 0.3) is 5.79 Å². The summed E-state index contributed by atoms with van der Waals surface area (Å²) in [6.45, 7) is -1.30. The molecule has 13 N–H and O–H groups in total. The van der Waals surface area contributed by atoms with Crippen molar-refractivity contribution >= 4 is 28.2 Å². The summed E-state index contributed by atoms with van der Waals surface area (Å²) >= 11 is 0. The molecule has 0 spiro atoms. The Hall–Kier alpha value is -2.28. The lowest BCUT2D eigenvalue weighted by molar-refractivity contribution is -0.380. The number of hydrogen-bond donors (Lipinski definition) is 13. The van der Waals surface area contributed by atoms with Crippen LogP contribution in [0.3, 0.4) is 0 Å². The van der Waals surface area contributed by atoms with Crippen molar-refractivity contribution in [2.45, 2.75) is 118 Å². The van der Waals surface area contributed by atoms with Gasteiger partial charge in [0.1, 0.15) is 67.1 Å². The normalized spacial score (nSPS) is 40.8. The van der Waals surface area contributed by atoms with Crippen molar-refractivity contribution in [3.05, 3.63) is 0 Å². The Bertz CT molecular complexity index is 1290. The summed E-state index contributed by atoms with van der Waals surface area (Å²) in [5.74, 6) is -6.62. The van der Waals surface area contributed by atoms with Gasteiger partial charge in [-0.15, -0.1) is 0 Å². The van der Waals surface area contributed by atoms with Crippen molar-refractivity contribution in [2.75, 3.05) is 19.8 Å². The fourth-order valence-electron chi connectivity index (χ4n) is 5.71. The number of aliphatic hydroxyl groups is 9. The highest BCUT2D eigenvalue weighted by atomic mass is 32.3. The van der Waals surface area contributed by atoms with Crippen LogP contribution in [0.4, 0.5) is 0 Å². The Labute approximate surface area is 283 Å². The molecule has 0 aliphatic carbocycles. The minimum Gasteiger partial charge on any atom is -0.477 e. The molecule has 0 aromatic carbocycles. The summed E-state index contributed by atoms with van der Waals surface area (Å²) in [5.41, 5.74) is 0. The number of ether oxygens (including phenoxy) is 5. The second-order valence-corrected chi connectivity index (χ2v) is 12.9. The molecule has 50 heavy (non-hydrogen) atoms. The quantitative estimate of drug-likeness (QED) is 0.0732. The summed E-state index contributed by atoms with van der Waals surface area (Å²) in [6.07, 6.45) is -27.3. The van der Waals surface area contributed by atoms with Crippen molar-refractivity contribution in [3.8, 4) is 0 Å². The zero-order chi connectivity index (χ0) is 37.9. The van der Waals surface area contributed by atoms with Gasteiger partial charge in [0, 0.05) is 20.3 Å². The Morgan fingerprint density at radius 2 is 1.50 bits per heavy atom. The van der Waals surface area contributed by atoms with Crippen LogP contribution in [0.5, 0.6) is 0 Å². The van der Waals surface area contributed by atoms with Crippen LogP contribution in [0.2, 0.25) is 0 Å². The van der Waals surface area contributed by atoms with Gasteiger partial charge in [-0.1, -0.05) is 0 Å². The summed E-state index contributed by atoms with van der Waals surface area (Å²) in [7, 11) is -5.12. The van der Waals surface area contributed by atoms with E-state index >= 15 is 0 Å². The zero-order valence-electron chi connectivity index (χ0n) is 26.3. The van der Waals surface area contributed by atoms with Gasteiger partial charge in [-0.3, -0.25) is 14.1 Å². The van der Waals surface area contributed by atoms with E-state index in [4.69, 9.17) is 28.2 Å². The van der Waals surface area contributed by atoms with Crippen LogP contribution in [0.1, 0.15) is 20.3 Å². The molecule has 3 rings (SSSR count). The molecule has 3 heterocycles. The molecule has 16 atom stereocenters. The molecule has 2 amide bonds. The van der Waals surface area contributed by atoms with Crippen LogP contribution in [-0.4, -0.2) is 199 Å². The molecule has 0 aromatic heterocycles. The number of aliphatic hydroxyl groups excluding tert-OH is 9. The van der Waals surface area contributed by atoms with Crippen LogP contribution in [0.15, 0.2) is 0 Å². The third kappa shape index (κ3) is 9.77. The first-order valence-electron chi connectivity index (χ1n) is 14.9. The number of amides is 2. The second-order valence-electron chi connectivity index (χ2n) is 11.8. The maximum atomic E-state index is 12.6. The number of carboxylic acids is 1. The van der Waals surface area contributed by atoms with Crippen LogP contribution >= 0.6 is 0 Å². The SMILES string of the molecule is CC(=O)N[C@H]1[C@H]([C@H](O)[C@H](O)CO)O[C@@](O[C@@H]2[C@H](O)[C@@H](O)[C@H](O[C@H]3[C@H](O)[C@@H](NC(C)=O)C(O)O[C@@H]3COS(=O)(=O)O)O[C@@H]2CO)(C(=O)O)C[C@@H]1O. The summed E-state index contributed by atoms with van der Waals surface area (Å²) in [5, 5.41) is 109. The van der Waals surface area contributed by atoms with Crippen molar-refractivity contribution in [2.24, 2.45) is 0 Å². The molecule has 0 bridgehead atoms. The largest absolute Gasteiger partial charge is 0.477 e. The maximum absolute atomic E-state index is 12.6. The lowest BCUT2D eigenvalue weighted by Crippen LogP contribution is -2.71. The molecule has 0 saturated carbocycles. The summed E-state index contributed by atoms with van der Waals surface area (Å²) in [6, 6.07) is -3.22. The molecular weight excluding hydrogens is 712 g/mol. The van der Waals surface area contributed by atoms with Gasteiger partial charge in [0.15, 0.2) is 12.6 Å². The standard InChI is InChI=1S/C25H42N2O22S/c1-7(30)26-13-9(32)3-25(24(39)40,49-21(13)15(34)10(33)4-28)48-20-11(5-29)46-23(18(37)17(20)36)47-19-12(6-44-50(41,42)43)45-22(38)14(16(19)35)27-8(2)31/h9-23,28-29,32-38H,3-6H2,1-2H3,(H,26,30)(H,27,31)(H,39,40)(H,41,42,43)/t9-,10+,11+,12+,13+,14+,15+,16+,17+,18+,19+,20-,21+,22?,23-,25+/m0/s1. The average molecular weight is 755 g/mol. The van der Waals surface area contributed by atoms with Gasteiger partial charge in [-0.05, 0) is 0 Å². The van der Waals surface area contributed by atoms with E-state index in [1.54, 1.807) is 0 Å². The number of carbonyl (C=O) groups excluding carboxylic acids is 2. The van der Waals surface area contributed by atoms with Gasteiger partial charge < -0.3 is 85.4 Å². The number of hydrogen-bond acceptors (Lipinski definition) is 20. The minimum atomic E-state index is -5.12. The third-order valence-corrected chi connectivity index (χ3v) is 8.50.